The van der Waals surface area contributed by atoms with Crippen LogP contribution in [0.15, 0.2) is 12.3 Å². The van der Waals surface area contributed by atoms with Crippen molar-refractivity contribution < 1.29 is 27.8 Å². The van der Waals surface area contributed by atoms with E-state index >= 15 is 0 Å². The fourth-order valence-corrected chi connectivity index (χ4v) is 2.52. The molecule has 0 aliphatic rings. The summed E-state index contributed by atoms with van der Waals surface area (Å²) in [6.45, 7) is 1.38. The average Bonchev–Trinajstić information content (AvgIpc) is 3.06. The first-order valence-corrected chi connectivity index (χ1v) is 7.38. The molecule has 3 aromatic rings. The van der Waals surface area contributed by atoms with Crippen LogP contribution in [0.5, 0.6) is 11.6 Å². The van der Waals surface area contributed by atoms with Crippen molar-refractivity contribution in [1.29, 1.82) is 0 Å². The van der Waals surface area contributed by atoms with Gasteiger partial charge in [-0.05, 0) is 6.92 Å². The molecule has 3 aromatic heterocycles. The first-order chi connectivity index (χ1) is 12.1. The fourth-order valence-electron chi connectivity index (χ4n) is 2.22. The van der Waals surface area contributed by atoms with Gasteiger partial charge in [0.25, 0.3) is 5.88 Å². The van der Waals surface area contributed by atoms with E-state index in [1.165, 1.54) is 19.2 Å². The number of pyridine rings is 1. The second kappa shape index (κ2) is 6.12. The number of fused-ring (bicyclic) bond motifs is 1. The molecule has 13 heteroatoms. The van der Waals surface area contributed by atoms with E-state index in [-0.39, 0.29) is 16.9 Å². The number of carboxylic acid groups (broad SMARTS) is 1. The van der Waals surface area contributed by atoms with E-state index in [4.69, 9.17) is 21.4 Å². The maximum Gasteiger partial charge on any atom is 0.434 e. The summed E-state index contributed by atoms with van der Waals surface area (Å²) in [7, 11) is 1.08. The summed E-state index contributed by atoms with van der Waals surface area (Å²) in [6.07, 6.45) is -3.52. The number of carboxylic acids is 1. The van der Waals surface area contributed by atoms with Crippen LogP contribution in [0.4, 0.5) is 13.2 Å². The van der Waals surface area contributed by atoms with Crippen LogP contribution < -0.4 is 4.74 Å². The minimum Gasteiger partial charge on any atom is -0.480 e. The third-order valence-electron chi connectivity index (χ3n) is 3.47. The summed E-state index contributed by atoms with van der Waals surface area (Å²) in [4.78, 5) is 15.1. The Morgan fingerprint density at radius 3 is 2.69 bits per heavy atom. The predicted octanol–water partition coefficient (Wildman–Crippen LogP) is 2.67. The highest BCUT2D eigenvalue weighted by molar-refractivity contribution is 6.32. The number of hydrogen-bond donors (Lipinski definition) is 1. The average molecular weight is 391 g/mol. The molecule has 0 radical (unpaired) electrons. The van der Waals surface area contributed by atoms with Gasteiger partial charge in [0, 0.05) is 13.1 Å². The Labute approximate surface area is 147 Å². The van der Waals surface area contributed by atoms with Crippen molar-refractivity contribution in [1.82, 2.24) is 29.8 Å². The molecule has 0 aromatic carbocycles. The lowest BCUT2D eigenvalue weighted by Crippen LogP contribution is -2.16. The van der Waals surface area contributed by atoms with Crippen LogP contribution >= 0.6 is 11.6 Å². The number of alkyl halides is 3. The minimum absolute atomic E-state index is 0.00707. The molecule has 9 nitrogen and oxygen atoms in total. The molecule has 0 saturated carbocycles. The Kier molecular flexibility index (Phi) is 4.22. The van der Waals surface area contributed by atoms with Gasteiger partial charge in [-0.15, -0.1) is 10.2 Å². The van der Waals surface area contributed by atoms with Gasteiger partial charge in [-0.1, -0.05) is 16.8 Å². The van der Waals surface area contributed by atoms with Gasteiger partial charge in [-0.3, -0.25) is 4.68 Å². The van der Waals surface area contributed by atoms with Gasteiger partial charge in [0.1, 0.15) is 22.3 Å². The zero-order valence-electron chi connectivity index (χ0n) is 13.2. The number of aliphatic carboxylic acids is 1. The van der Waals surface area contributed by atoms with Crippen molar-refractivity contribution >= 4 is 28.7 Å². The molecule has 0 aliphatic carbocycles. The molecule has 0 aliphatic heterocycles. The smallest absolute Gasteiger partial charge is 0.434 e. The van der Waals surface area contributed by atoms with Crippen LogP contribution in [0.2, 0.25) is 5.02 Å². The summed E-state index contributed by atoms with van der Waals surface area (Å²) in [5.74, 6) is -1.62. The number of halogens is 4. The predicted molar refractivity (Wildman–Crippen MR) is 81.0 cm³/mol. The van der Waals surface area contributed by atoms with E-state index in [2.05, 4.69) is 20.4 Å². The molecule has 0 saturated heterocycles. The number of rotatable bonds is 4. The van der Waals surface area contributed by atoms with E-state index in [1.54, 1.807) is 0 Å². The third kappa shape index (κ3) is 3.03. The largest absolute Gasteiger partial charge is 0.480 e. The van der Waals surface area contributed by atoms with Gasteiger partial charge >= 0.3 is 12.1 Å². The normalized spacial score (nSPS) is 13.2. The summed E-state index contributed by atoms with van der Waals surface area (Å²) >= 11 is 5.73. The summed E-state index contributed by atoms with van der Waals surface area (Å²) in [6, 6.07) is 0.298. The van der Waals surface area contributed by atoms with Crippen molar-refractivity contribution in [3.63, 3.8) is 0 Å². The number of aromatic nitrogens is 6. The molecular weight excluding hydrogens is 381 g/mol. The zero-order valence-corrected chi connectivity index (χ0v) is 13.9. The molecule has 1 atom stereocenters. The summed E-state index contributed by atoms with van der Waals surface area (Å²) in [5, 5.41) is 19.4. The molecule has 26 heavy (non-hydrogen) atoms. The van der Waals surface area contributed by atoms with Crippen LogP contribution in [0, 0.1) is 0 Å². The van der Waals surface area contributed by atoms with Crippen LogP contribution in [0.1, 0.15) is 18.7 Å². The molecule has 3 rings (SSSR count). The third-order valence-corrected chi connectivity index (χ3v) is 3.81. The second-order valence-corrected chi connectivity index (χ2v) is 5.63. The maximum atomic E-state index is 13.0. The topological polar surface area (TPSA) is 108 Å². The number of ether oxygens (including phenoxy) is 1. The molecule has 1 N–H and O–H groups in total. The fraction of sp³-hybridized carbons (Fsp3) is 0.308. The van der Waals surface area contributed by atoms with Crippen molar-refractivity contribution in [3.05, 3.63) is 23.0 Å². The van der Waals surface area contributed by atoms with Gasteiger partial charge in [-0.2, -0.15) is 13.2 Å². The number of hydrogen-bond acceptors (Lipinski definition) is 6. The molecule has 0 amide bonds. The van der Waals surface area contributed by atoms with E-state index in [1.807, 2.05) is 0 Å². The van der Waals surface area contributed by atoms with E-state index in [9.17, 15) is 18.0 Å². The van der Waals surface area contributed by atoms with Crippen LogP contribution in [-0.4, -0.2) is 40.8 Å². The van der Waals surface area contributed by atoms with Crippen molar-refractivity contribution in [2.45, 2.75) is 19.1 Å². The highest BCUT2D eigenvalue weighted by atomic mass is 35.5. The lowest BCUT2D eigenvalue weighted by molar-refractivity contribution is -0.143. The second-order valence-electron chi connectivity index (χ2n) is 5.25. The molecular formula is C13H10ClF3N6O3. The first kappa shape index (κ1) is 17.9. The monoisotopic (exact) mass is 390 g/mol. The van der Waals surface area contributed by atoms with Crippen molar-refractivity contribution in [3.8, 4) is 11.6 Å². The lowest BCUT2D eigenvalue weighted by Gasteiger charge is -2.07. The van der Waals surface area contributed by atoms with Crippen molar-refractivity contribution in [2.24, 2.45) is 7.05 Å². The Hall–Kier alpha value is -2.89. The van der Waals surface area contributed by atoms with Gasteiger partial charge in [0.15, 0.2) is 5.69 Å². The maximum absolute atomic E-state index is 13.0. The standard InChI is InChI=1S/C13H10ClF3N6O3/c1-5(12(24)25)23-7-3-6(4-18-10(7)19-21-23)26-11-8(14)9(13(15,16)17)22(2)20-11/h3-5H,1-2H3,(H,24,25). The van der Waals surface area contributed by atoms with Gasteiger partial charge in [0.05, 0.1) is 6.20 Å². The molecule has 138 valence electrons. The van der Waals surface area contributed by atoms with Gasteiger partial charge in [-0.25, -0.2) is 14.5 Å². The quantitative estimate of drug-likeness (QED) is 0.729. The Bertz CT molecular complexity index is 999. The number of carbonyl (C=O) groups is 1. The molecule has 0 bridgehead atoms. The van der Waals surface area contributed by atoms with E-state index in [0.717, 1.165) is 11.7 Å². The Morgan fingerprint density at radius 1 is 1.42 bits per heavy atom. The number of aryl methyl sites for hydroxylation is 1. The van der Waals surface area contributed by atoms with E-state index < -0.39 is 34.8 Å². The summed E-state index contributed by atoms with van der Waals surface area (Å²) in [5.41, 5.74) is -0.788. The van der Waals surface area contributed by atoms with Gasteiger partial charge in [0.2, 0.25) is 5.65 Å². The molecule has 0 spiro atoms. The number of nitrogens with zero attached hydrogens (tertiary/aromatic N) is 6. The zero-order chi connectivity index (χ0) is 19.2. The SMILES string of the molecule is CC(C(=O)O)n1nnc2ncc(Oc3nn(C)c(C(F)(F)F)c3Cl)cc21. The lowest BCUT2D eigenvalue weighted by atomic mass is 10.3. The van der Waals surface area contributed by atoms with Crippen LogP contribution in [0.25, 0.3) is 11.2 Å². The summed E-state index contributed by atoms with van der Waals surface area (Å²) < 4.78 is 45.8. The van der Waals surface area contributed by atoms with Crippen LogP contribution in [-0.2, 0) is 18.0 Å². The Balaban J connectivity index is 2.00. The first-order valence-electron chi connectivity index (χ1n) is 7.01. The highest BCUT2D eigenvalue weighted by Crippen LogP contribution is 2.40. The van der Waals surface area contributed by atoms with Gasteiger partial charge < -0.3 is 9.84 Å². The van der Waals surface area contributed by atoms with Crippen molar-refractivity contribution in [2.75, 3.05) is 0 Å². The molecule has 0 fully saturated rings. The Morgan fingerprint density at radius 2 is 2.12 bits per heavy atom. The molecule has 1 unspecified atom stereocenters. The van der Waals surface area contributed by atoms with Crippen LogP contribution in [0.3, 0.4) is 0 Å². The van der Waals surface area contributed by atoms with E-state index in [0.29, 0.717) is 4.68 Å². The highest BCUT2D eigenvalue weighted by Gasteiger charge is 2.39. The molecule has 3 heterocycles. The minimum atomic E-state index is -4.71.